The lowest BCUT2D eigenvalue weighted by Crippen LogP contribution is -2.52. The summed E-state index contributed by atoms with van der Waals surface area (Å²) in [7, 11) is -0.662. The summed E-state index contributed by atoms with van der Waals surface area (Å²) < 4.78 is 74.3. The Kier molecular flexibility index (Phi) is 11.9. The summed E-state index contributed by atoms with van der Waals surface area (Å²) in [6, 6.07) is -1.72. The number of alkyl halides is 3. The highest BCUT2D eigenvalue weighted by molar-refractivity contribution is 7.44. The summed E-state index contributed by atoms with van der Waals surface area (Å²) >= 11 is 0. The van der Waals surface area contributed by atoms with Gasteiger partial charge < -0.3 is 29.1 Å². The van der Waals surface area contributed by atoms with Crippen LogP contribution in [-0.2, 0) is 18.6 Å². The number of amides is 1. The molecule has 2 heterocycles. The maximum absolute atomic E-state index is 13.3. The fourth-order valence-corrected chi connectivity index (χ4v) is 5.49. The van der Waals surface area contributed by atoms with Crippen LogP contribution in [0, 0.1) is 20.4 Å². The molecule has 1 aromatic heterocycles. The molecule has 5 atom stereocenters. The summed E-state index contributed by atoms with van der Waals surface area (Å²) in [6.45, 7) is 17.4. The van der Waals surface area contributed by atoms with Crippen LogP contribution in [0.3, 0.4) is 0 Å². The number of hydrogen-bond acceptors (Lipinski definition) is 8. The molecule has 1 fully saturated rings. The van der Waals surface area contributed by atoms with Crippen LogP contribution >= 0.6 is 8.53 Å². The van der Waals surface area contributed by atoms with Gasteiger partial charge in [0.25, 0.3) is 8.53 Å². The van der Waals surface area contributed by atoms with Crippen LogP contribution in [0.5, 0.6) is 0 Å². The van der Waals surface area contributed by atoms with E-state index in [9.17, 15) is 22.8 Å². The monoisotopic (exact) mass is 570 g/mol. The van der Waals surface area contributed by atoms with E-state index >= 15 is 0 Å². The zero-order valence-corrected chi connectivity index (χ0v) is 23.4. The number of carbonyl (C=O) groups excluding carboxylic acids is 1. The van der Waals surface area contributed by atoms with Gasteiger partial charge in [0, 0.05) is 32.5 Å². The Morgan fingerprint density at radius 3 is 2.55 bits per heavy atom. The van der Waals surface area contributed by atoms with E-state index in [1.54, 1.807) is 13.8 Å². The van der Waals surface area contributed by atoms with Gasteiger partial charge in [0.1, 0.15) is 18.8 Å². The van der Waals surface area contributed by atoms with Crippen LogP contribution < -0.4 is 11.0 Å². The highest BCUT2D eigenvalue weighted by atomic mass is 31.2. The Morgan fingerprint density at radius 1 is 1.45 bits per heavy atom. The van der Waals surface area contributed by atoms with Crippen molar-refractivity contribution in [2.75, 3.05) is 20.3 Å². The summed E-state index contributed by atoms with van der Waals surface area (Å²) in [6.07, 6.45) is -7.62. The molecule has 1 aromatic rings. The summed E-state index contributed by atoms with van der Waals surface area (Å²) in [5.41, 5.74) is 0.220. The molecule has 2 N–H and O–H groups in total. The molecule has 38 heavy (non-hydrogen) atoms. The maximum atomic E-state index is 13.3. The largest absolute Gasteiger partial charge is 0.471 e. The number of aliphatic hydroxyl groups is 1. The van der Waals surface area contributed by atoms with E-state index < -0.39 is 57.7 Å². The standard InChI is InChI=1S/C22H33F3N5O5P.CH4O/c1-12(2)30(13(3)4)36(33-10-9-26-8)35-18-16(7)34-19(17(18)28-20(31)22(23,24)25)29-11-14(5)15(6)27-21(29)32;1-2/h11-13,16-19H,9-10H2,1-7H3,(H,28,31);2H,1H3/t16-,17?,18+,19-,36?;/m1./s1/i7D;2T. The number of hydrogen-bond donors (Lipinski definition) is 2. The first-order valence-corrected chi connectivity index (χ1v) is 12.9. The molecule has 0 saturated carbocycles. The second-order valence-electron chi connectivity index (χ2n) is 8.85. The van der Waals surface area contributed by atoms with Crippen molar-refractivity contribution in [2.45, 2.75) is 91.2 Å². The van der Waals surface area contributed by atoms with Gasteiger partial charge in [-0.05, 0) is 54.0 Å². The molecule has 2 rings (SSSR count). The molecule has 11 nitrogen and oxygen atoms in total. The molecule has 0 aromatic carbocycles. The zero-order chi connectivity index (χ0) is 30.8. The Bertz CT molecular complexity index is 1050. The van der Waals surface area contributed by atoms with E-state index in [4.69, 9.17) is 23.2 Å². The van der Waals surface area contributed by atoms with Crippen LogP contribution in [0.4, 0.5) is 13.2 Å². The zero-order valence-electron chi connectivity index (χ0n) is 24.5. The second-order valence-corrected chi connectivity index (χ2v) is 10.3. The Morgan fingerprint density at radius 2 is 2.05 bits per heavy atom. The number of rotatable bonds is 10. The van der Waals surface area contributed by atoms with Crippen molar-refractivity contribution in [1.82, 2.24) is 19.5 Å². The Balaban J connectivity index is 0.00000254. The average Bonchev–Trinajstić information content (AvgIpc) is 3.17. The number of aryl methyl sites for hydroxylation is 2. The van der Waals surface area contributed by atoms with E-state index in [-0.39, 0.29) is 25.2 Å². The van der Waals surface area contributed by atoms with Crippen molar-refractivity contribution in [3.63, 3.8) is 0 Å². The third-order valence-corrected chi connectivity index (χ3v) is 7.55. The van der Waals surface area contributed by atoms with E-state index in [0.29, 0.717) is 11.3 Å². The summed E-state index contributed by atoms with van der Waals surface area (Å²) in [5, 5.41) is 5.42. The molecule has 216 valence electrons. The van der Waals surface area contributed by atoms with Crippen LogP contribution in [-0.4, -0.2) is 83.4 Å². The van der Waals surface area contributed by atoms with Crippen LogP contribution in [0.1, 0.15) is 53.5 Å². The van der Waals surface area contributed by atoms with Crippen molar-refractivity contribution in [1.29, 1.82) is 1.43 Å². The number of carbonyl (C=O) groups is 1. The maximum Gasteiger partial charge on any atom is 0.471 e. The molecule has 1 aliphatic rings. The van der Waals surface area contributed by atoms with Gasteiger partial charge in [0.15, 0.2) is 6.23 Å². The molecule has 0 aliphatic carbocycles. The minimum Gasteiger partial charge on any atom is -0.400 e. The normalized spacial score (nSPS) is 22.9. The lowest BCUT2D eigenvalue weighted by Gasteiger charge is -2.38. The molecule has 1 aliphatic heterocycles. The van der Waals surface area contributed by atoms with Crippen LogP contribution in [0.2, 0.25) is 0 Å². The number of aromatic nitrogens is 2. The first-order valence-electron chi connectivity index (χ1n) is 12.8. The number of ether oxygens (including phenoxy) is 1. The number of halogens is 3. The van der Waals surface area contributed by atoms with Gasteiger partial charge in [0.2, 0.25) is 7.98 Å². The van der Waals surface area contributed by atoms with Crippen molar-refractivity contribution < 1.29 is 38.2 Å². The van der Waals surface area contributed by atoms with Gasteiger partial charge in [0.05, 0.1) is 6.10 Å². The quantitative estimate of drug-likeness (QED) is 0.250. The molecule has 2 unspecified atom stereocenters. The van der Waals surface area contributed by atoms with Gasteiger partial charge in [-0.2, -0.15) is 18.2 Å². The molecular weight excluding hydrogens is 530 g/mol. The fraction of sp³-hybridized carbons (Fsp3) is 0.739. The van der Waals surface area contributed by atoms with Gasteiger partial charge in [-0.3, -0.25) is 9.36 Å². The van der Waals surface area contributed by atoms with Crippen molar-refractivity contribution in [3.05, 3.63) is 39.4 Å². The topological polar surface area (TPSA) is 120 Å². The summed E-state index contributed by atoms with van der Waals surface area (Å²) in [5.74, 6) is -2.24. The molecule has 15 heteroatoms. The molecule has 1 amide bonds. The van der Waals surface area contributed by atoms with E-state index in [1.807, 2.05) is 37.7 Å². The van der Waals surface area contributed by atoms with Crippen molar-refractivity contribution in [3.8, 4) is 0 Å². The number of nitrogens with zero attached hydrogens (tertiary/aromatic N) is 4. The third-order valence-electron chi connectivity index (χ3n) is 5.42. The number of nitrogens with one attached hydrogen (secondary N) is 1. The second kappa shape index (κ2) is 14.9. The van der Waals surface area contributed by atoms with Crippen molar-refractivity contribution >= 4 is 14.4 Å². The molecule has 0 radical (unpaired) electrons. The number of aliphatic hydroxyl groups excluding tert-OH is 1. The SMILES string of the molecule is [2H]C[C@H]1O[C@@H](n2cc(C)c(C)nc2=O)C(NC(=O)C(F)(F)F)[C@H]1OP(OCC[N+]#[C-])N(C(C)C)C(C)C.[3H]OC. The highest BCUT2D eigenvalue weighted by Crippen LogP contribution is 2.49. The minimum atomic E-state index is -5.21. The first-order chi connectivity index (χ1) is 18.6. The Hall–Kier alpha value is -2.14. The van der Waals surface area contributed by atoms with E-state index in [1.165, 1.54) is 13.3 Å². The van der Waals surface area contributed by atoms with E-state index in [0.717, 1.165) is 4.57 Å². The molecular formula is C23H37F3N5O6P. The predicted octanol–water partition coefficient (Wildman–Crippen LogP) is 3.10. The lowest BCUT2D eigenvalue weighted by molar-refractivity contribution is -0.175. The van der Waals surface area contributed by atoms with Gasteiger partial charge in [-0.1, -0.05) is 0 Å². The first kappa shape index (κ1) is 30.4. The average molecular weight is 571 g/mol. The van der Waals surface area contributed by atoms with E-state index in [2.05, 4.69) is 14.9 Å². The predicted molar refractivity (Wildman–Crippen MR) is 135 cm³/mol. The van der Waals surface area contributed by atoms with Crippen molar-refractivity contribution in [2.24, 2.45) is 0 Å². The van der Waals surface area contributed by atoms with Crippen LogP contribution in [0.25, 0.3) is 4.85 Å². The highest BCUT2D eigenvalue weighted by Gasteiger charge is 2.51. The van der Waals surface area contributed by atoms with Crippen LogP contribution in [0.15, 0.2) is 11.0 Å². The van der Waals surface area contributed by atoms with Gasteiger partial charge in [-0.25, -0.2) is 16.0 Å². The van der Waals surface area contributed by atoms with Gasteiger partial charge in [-0.15, -0.1) is 0 Å². The fourth-order valence-electron chi connectivity index (χ4n) is 3.72. The van der Waals surface area contributed by atoms with Gasteiger partial charge >= 0.3 is 17.8 Å². The smallest absolute Gasteiger partial charge is 0.400 e. The molecule has 0 bridgehead atoms. The molecule has 1 saturated heterocycles. The minimum absolute atomic E-state index is 0.00774. The third kappa shape index (κ3) is 8.69. The molecule has 0 spiro atoms. The lowest BCUT2D eigenvalue weighted by atomic mass is 10.1. The Labute approximate surface area is 225 Å². The summed E-state index contributed by atoms with van der Waals surface area (Å²) in [4.78, 5) is 31.9.